The number of methoxy groups -OCH3 is 1. The number of benzene rings is 2. The third-order valence-corrected chi connectivity index (χ3v) is 3.00. The molecule has 0 aliphatic carbocycles. The van der Waals surface area contributed by atoms with E-state index in [1.807, 2.05) is 25.1 Å². The number of ether oxygens (including phenoxy) is 1. The second-order valence-electron chi connectivity index (χ2n) is 4.39. The molecular weight excluding hydrogens is 229 g/mol. The van der Waals surface area contributed by atoms with Crippen LogP contribution in [0, 0.1) is 19.7 Å². The largest absolute Gasteiger partial charge is 0.496 e. The van der Waals surface area contributed by atoms with Gasteiger partial charge in [-0.1, -0.05) is 11.6 Å². The van der Waals surface area contributed by atoms with E-state index in [2.05, 4.69) is 0 Å². The maximum absolute atomic E-state index is 14.1. The standard InChI is InChI=1S/C15H16FNO/c1-9-4-5-15(18-3)12(6-9)11-8-14(17)10(2)7-13(11)16/h4-8H,17H2,1-3H3. The summed E-state index contributed by atoms with van der Waals surface area (Å²) in [5, 5.41) is 0. The molecule has 0 fully saturated rings. The second-order valence-corrected chi connectivity index (χ2v) is 4.39. The number of rotatable bonds is 2. The van der Waals surface area contributed by atoms with Gasteiger partial charge in [-0.15, -0.1) is 0 Å². The van der Waals surface area contributed by atoms with Gasteiger partial charge in [-0.3, -0.25) is 0 Å². The SMILES string of the molecule is COc1ccc(C)cc1-c1cc(N)c(C)cc1F. The summed E-state index contributed by atoms with van der Waals surface area (Å²) in [4.78, 5) is 0. The smallest absolute Gasteiger partial charge is 0.131 e. The van der Waals surface area contributed by atoms with Crippen LogP contribution in [-0.2, 0) is 0 Å². The highest BCUT2D eigenvalue weighted by Crippen LogP contribution is 2.34. The van der Waals surface area contributed by atoms with Crippen molar-refractivity contribution in [2.75, 3.05) is 12.8 Å². The first-order valence-corrected chi connectivity index (χ1v) is 5.73. The highest BCUT2D eigenvalue weighted by Gasteiger charge is 2.12. The first kappa shape index (κ1) is 12.4. The number of aryl methyl sites for hydroxylation is 2. The highest BCUT2D eigenvalue weighted by atomic mass is 19.1. The molecule has 0 spiro atoms. The lowest BCUT2D eigenvalue weighted by Gasteiger charge is -2.12. The van der Waals surface area contributed by atoms with E-state index in [1.54, 1.807) is 20.1 Å². The molecule has 18 heavy (non-hydrogen) atoms. The molecular formula is C15H16FNO. The van der Waals surface area contributed by atoms with Crippen LogP contribution in [0.2, 0.25) is 0 Å². The summed E-state index contributed by atoms with van der Waals surface area (Å²) < 4.78 is 19.3. The van der Waals surface area contributed by atoms with Crippen LogP contribution >= 0.6 is 0 Å². The molecule has 2 aromatic carbocycles. The summed E-state index contributed by atoms with van der Waals surface area (Å²) in [5.41, 5.74) is 9.41. The molecule has 2 aromatic rings. The summed E-state index contributed by atoms with van der Waals surface area (Å²) >= 11 is 0. The van der Waals surface area contributed by atoms with Crippen LogP contribution < -0.4 is 10.5 Å². The molecule has 0 radical (unpaired) electrons. The summed E-state index contributed by atoms with van der Waals surface area (Å²) in [7, 11) is 1.57. The highest BCUT2D eigenvalue weighted by molar-refractivity contribution is 5.75. The summed E-state index contributed by atoms with van der Waals surface area (Å²) in [6.07, 6.45) is 0. The molecule has 2 N–H and O–H groups in total. The van der Waals surface area contributed by atoms with Crippen LogP contribution in [0.25, 0.3) is 11.1 Å². The topological polar surface area (TPSA) is 35.2 Å². The van der Waals surface area contributed by atoms with Gasteiger partial charge in [0.15, 0.2) is 0 Å². The predicted molar refractivity (Wildman–Crippen MR) is 72.3 cm³/mol. The molecule has 0 unspecified atom stereocenters. The van der Waals surface area contributed by atoms with Gasteiger partial charge >= 0.3 is 0 Å². The number of nitrogen functional groups attached to an aromatic ring is 1. The van der Waals surface area contributed by atoms with E-state index in [4.69, 9.17) is 10.5 Å². The zero-order valence-corrected chi connectivity index (χ0v) is 10.8. The van der Waals surface area contributed by atoms with Crippen molar-refractivity contribution in [2.24, 2.45) is 0 Å². The van der Waals surface area contributed by atoms with Gasteiger partial charge in [0.2, 0.25) is 0 Å². The minimum absolute atomic E-state index is 0.286. The fourth-order valence-electron chi connectivity index (χ4n) is 1.93. The lowest BCUT2D eigenvalue weighted by atomic mass is 9.99. The number of hydrogen-bond donors (Lipinski definition) is 1. The third kappa shape index (κ3) is 2.16. The number of hydrogen-bond acceptors (Lipinski definition) is 2. The van der Waals surface area contributed by atoms with Crippen molar-refractivity contribution < 1.29 is 9.13 Å². The van der Waals surface area contributed by atoms with Gasteiger partial charge in [-0.2, -0.15) is 0 Å². The molecule has 0 atom stereocenters. The van der Waals surface area contributed by atoms with E-state index in [0.717, 1.165) is 16.7 Å². The lowest BCUT2D eigenvalue weighted by molar-refractivity contribution is 0.416. The van der Waals surface area contributed by atoms with E-state index in [-0.39, 0.29) is 5.82 Å². The van der Waals surface area contributed by atoms with E-state index in [0.29, 0.717) is 17.0 Å². The minimum atomic E-state index is -0.286. The molecule has 0 amide bonds. The van der Waals surface area contributed by atoms with Crippen LogP contribution in [0.1, 0.15) is 11.1 Å². The second kappa shape index (κ2) is 4.69. The average Bonchev–Trinajstić information content (AvgIpc) is 2.34. The summed E-state index contributed by atoms with van der Waals surface area (Å²) in [6, 6.07) is 8.76. The molecule has 0 saturated heterocycles. The van der Waals surface area contributed by atoms with Crippen molar-refractivity contribution in [3.63, 3.8) is 0 Å². The fourth-order valence-corrected chi connectivity index (χ4v) is 1.93. The van der Waals surface area contributed by atoms with Gasteiger partial charge in [-0.25, -0.2) is 4.39 Å². The number of halogens is 1. The van der Waals surface area contributed by atoms with Crippen molar-refractivity contribution in [2.45, 2.75) is 13.8 Å². The maximum atomic E-state index is 14.1. The van der Waals surface area contributed by atoms with Crippen LogP contribution in [-0.4, -0.2) is 7.11 Å². The number of anilines is 1. The molecule has 94 valence electrons. The molecule has 0 heterocycles. The van der Waals surface area contributed by atoms with Gasteiger partial charge in [0.05, 0.1) is 7.11 Å². The van der Waals surface area contributed by atoms with Crippen molar-refractivity contribution >= 4 is 5.69 Å². The average molecular weight is 245 g/mol. The Labute approximate surface area is 106 Å². The van der Waals surface area contributed by atoms with E-state index in [1.165, 1.54) is 6.07 Å². The Morgan fingerprint density at radius 3 is 2.44 bits per heavy atom. The Kier molecular flexibility index (Phi) is 3.24. The zero-order chi connectivity index (χ0) is 13.3. The fraction of sp³-hybridized carbons (Fsp3) is 0.200. The molecule has 0 bridgehead atoms. The molecule has 0 aliphatic rings. The van der Waals surface area contributed by atoms with Crippen LogP contribution in [0.5, 0.6) is 5.75 Å². The minimum Gasteiger partial charge on any atom is -0.496 e. The molecule has 2 nitrogen and oxygen atoms in total. The molecule has 3 heteroatoms. The predicted octanol–water partition coefficient (Wildman–Crippen LogP) is 3.70. The van der Waals surface area contributed by atoms with Gasteiger partial charge < -0.3 is 10.5 Å². The Morgan fingerprint density at radius 1 is 1.06 bits per heavy atom. The Hall–Kier alpha value is -2.03. The van der Waals surface area contributed by atoms with E-state index >= 15 is 0 Å². The van der Waals surface area contributed by atoms with E-state index < -0.39 is 0 Å². The van der Waals surface area contributed by atoms with E-state index in [9.17, 15) is 4.39 Å². The molecule has 0 aliphatic heterocycles. The Morgan fingerprint density at radius 2 is 1.78 bits per heavy atom. The van der Waals surface area contributed by atoms with Crippen molar-refractivity contribution in [1.29, 1.82) is 0 Å². The first-order valence-electron chi connectivity index (χ1n) is 5.73. The van der Waals surface area contributed by atoms with Crippen LogP contribution in [0.3, 0.4) is 0 Å². The van der Waals surface area contributed by atoms with Crippen LogP contribution in [0.4, 0.5) is 10.1 Å². The van der Waals surface area contributed by atoms with Gasteiger partial charge in [-0.05, 0) is 43.7 Å². The summed E-state index contributed by atoms with van der Waals surface area (Å²) in [6.45, 7) is 3.74. The molecule has 0 saturated carbocycles. The number of nitrogens with two attached hydrogens (primary N) is 1. The summed E-state index contributed by atoms with van der Waals surface area (Å²) in [5.74, 6) is 0.355. The van der Waals surface area contributed by atoms with Crippen LogP contribution in [0.15, 0.2) is 30.3 Å². The third-order valence-electron chi connectivity index (χ3n) is 3.00. The van der Waals surface area contributed by atoms with Crippen molar-refractivity contribution in [3.05, 3.63) is 47.3 Å². The maximum Gasteiger partial charge on any atom is 0.131 e. The first-order chi connectivity index (χ1) is 8.52. The monoisotopic (exact) mass is 245 g/mol. The molecule has 2 rings (SSSR count). The van der Waals surface area contributed by atoms with Gasteiger partial charge in [0.25, 0.3) is 0 Å². The van der Waals surface area contributed by atoms with Crippen molar-refractivity contribution in [3.8, 4) is 16.9 Å². The quantitative estimate of drug-likeness (QED) is 0.819. The van der Waals surface area contributed by atoms with Gasteiger partial charge in [0.1, 0.15) is 11.6 Å². The van der Waals surface area contributed by atoms with Gasteiger partial charge in [0, 0.05) is 16.8 Å². The normalized spacial score (nSPS) is 10.4. The Bertz CT molecular complexity index is 593. The zero-order valence-electron chi connectivity index (χ0n) is 10.8. The Balaban J connectivity index is 2.68. The lowest BCUT2D eigenvalue weighted by Crippen LogP contribution is -1.96. The molecule has 0 aromatic heterocycles. The van der Waals surface area contributed by atoms with Crippen molar-refractivity contribution in [1.82, 2.24) is 0 Å².